The lowest BCUT2D eigenvalue weighted by Crippen LogP contribution is -2.32. The van der Waals surface area contributed by atoms with Crippen molar-refractivity contribution in [1.82, 2.24) is 10.6 Å². The smallest absolute Gasteiger partial charge is 0.351 e. The van der Waals surface area contributed by atoms with E-state index in [0.29, 0.717) is 13.1 Å². The Hall–Kier alpha value is -1.56. The van der Waals surface area contributed by atoms with Crippen LogP contribution in [0.5, 0.6) is 0 Å². The molecule has 0 saturated carbocycles. The molecule has 0 spiro atoms. The lowest BCUT2D eigenvalue weighted by atomic mass is 10.1. The molecule has 0 unspecified atom stereocenters. The van der Waals surface area contributed by atoms with Crippen LogP contribution in [-0.2, 0) is 6.18 Å². The molecule has 0 fully saturated rings. The number of carbonyl (C=O) groups excluding carboxylic acids is 1. The maximum Gasteiger partial charge on any atom is 0.416 e. The number of amides is 1. The van der Waals surface area contributed by atoms with Gasteiger partial charge in [0.05, 0.1) is 5.56 Å². The first-order valence-electron chi connectivity index (χ1n) is 6.11. The summed E-state index contributed by atoms with van der Waals surface area (Å²) in [5.41, 5.74) is -0.530. The highest BCUT2D eigenvalue weighted by molar-refractivity contribution is 5.94. The summed E-state index contributed by atoms with van der Waals surface area (Å²) in [6.45, 7) is 3.99. The van der Waals surface area contributed by atoms with Crippen molar-refractivity contribution in [3.05, 3.63) is 35.4 Å². The Morgan fingerprint density at radius 1 is 1.11 bits per heavy atom. The van der Waals surface area contributed by atoms with Crippen molar-refractivity contribution < 1.29 is 18.0 Å². The van der Waals surface area contributed by atoms with E-state index < -0.39 is 11.7 Å². The number of nitrogens with one attached hydrogen (secondary N) is 2. The highest BCUT2D eigenvalue weighted by atomic mass is 19.4. The van der Waals surface area contributed by atoms with Gasteiger partial charge in [-0.2, -0.15) is 13.2 Å². The van der Waals surface area contributed by atoms with E-state index in [2.05, 4.69) is 10.6 Å². The predicted molar refractivity (Wildman–Crippen MR) is 66.9 cm³/mol. The quantitative estimate of drug-likeness (QED) is 0.782. The Balaban J connectivity index is 2.45. The van der Waals surface area contributed by atoms with Gasteiger partial charge in [0, 0.05) is 18.7 Å². The van der Waals surface area contributed by atoms with Crippen LogP contribution in [0.15, 0.2) is 24.3 Å². The molecule has 2 N–H and O–H groups in total. The van der Waals surface area contributed by atoms with Gasteiger partial charge in [-0.15, -0.1) is 0 Å². The Morgan fingerprint density at radius 2 is 1.74 bits per heavy atom. The predicted octanol–water partition coefficient (Wildman–Crippen LogP) is 2.43. The minimum absolute atomic E-state index is 0.225. The topological polar surface area (TPSA) is 41.1 Å². The second-order valence-corrected chi connectivity index (χ2v) is 4.08. The molecule has 3 nitrogen and oxygen atoms in total. The molecule has 0 aliphatic heterocycles. The summed E-state index contributed by atoms with van der Waals surface area (Å²) in [4.78, 5) is 11.6. The van der Waals surface area contributed by atoms with Gasteiger partial charge in [0.15, 0.2) is 0 Å². The van der Waals surface area contributed by atoms with Crippen molar-refractivity contribution in [3.8, 4) is 0 Å². The van der Waals surface area contributed by atoms with E-state index in [0.717, 1.165) is 25.1 Å². The SMILES string of the molecule is CCCNCCNC(=O)c1ccc(C(F)(F)F)cc1. The fourth-order valence-corrected chi connectivity index (χ4v) is 1.48. The third kappa shape index (κ3) is 5.30. The lowest BCUT2D eigenvalue weighted by Gasteiger charge is -2.08. The molecule has 0 bridgehead atoms. The largest absolute Gasteiger partial charge is 0.416 e. The Bertz CT molecular complexity index is 401. The summed E-state index contributed by atoms with van der Waals surface area (Å²) < 4.78 is 37.0. The molecular weight excluding hydrogens is 257 g/mol. The summed E-state index contributed by atoms with van der Waals surface area (Å²) in [7, 11) is 0. The van der Waals surface area contributed by atoms with Crippen LogP contribution >= 0.6 is 0 Å². The van der Waals surface area contributed by atoms with Crippen LogP contribution in [0.4, 0.5) is 13.2 Å². The second-order valence-electron chi connectivity index (χ2n) is 4.08. The molecule has 0 aromatic heterocycles. The molecule has 19 heavy (non-hydrogen) atoms. The molecule has 0 radical (unpaired) electrons. The average molecular weight is 274 g/mol. The van der Waals surface area contributed by atoms with Gasteiger partial charge in [-0.05, 0) is 37.2 Å². The van der Waals surface area contributed by atoms with E-state index in [9.17, 15) is 18.0 Å². The average Bonchev–Trinajstić information content (AvgIpc) is 2.37. The molecule has 0 atom stereocenters. The Morgan fingerprint density at radius 3 is 2.26 bits per heavy atom. The van der Waals surface area contributed by atoms with Crippen LogP contribution in [0, 0.1) is 0 Å². The van der Waals surface area contributed by atoms with Crippen LogP contribution in [0.3, 0.4) is 0 Å². The van der Waals surface area contributed by atoms with Crippen LogP contribution in [-0.4, -0.2) is 25.5 Å². The molecule has 6 heteroatoms. The molecule has 1 rings (SSSR count). The zero-order valence-corrected chi connectivity index (χ0v) is 10.7. The Labute approximate surface area is 110 Å². The van der Waals surface area contributed by atoms with Gasteiger partial charge in [0.25, 0.3) is 5.91 Å². The molecule has 1 aromatic carbocycles. The molecule has 1 aromatic rings. The van der Waals surface area contributed by atoms with Crippen molar-refractivity contribution in [3.63, 3.8) is 0 Å². The second kappa shape index (κ2) is 7.13. The summed E-state index contributed by atoms with van der Waals surface area (Å²) in [6.07, 6.45) is -3.37. The zero-order chi connectivity index (χ0) is 14.3. The highest BCUT2D eigenvalue weighted by Crippen LogP contribution is 2.28. The van der Waals surface area contributed by atoms with Crippen LogP contribution in [0.25, 0.3) is 0 Å². The van der Waals surface area contributed by atoms with Gasteiger partial charge in [-0.1, -0.05) is 6.92 Å². The normalized spacial score (nSPS) is 11.4. The molecule has 106 valence electrons. The molecule has 0 aliphatic carbocycles. The van der Waals surface area contributed by atoms with Crippen molar-refractivity contribution >= 4 is 5.91 Å². The summed E-state index contributed by atoms with van der Waals surface area (Å²) in [6, 6.07) is 4.17. The van der Waals surface area contributed by atoms with E-state index in [1.807, 2.05) is 6.92 Å². The minimum Gasteiger partial charge on any atom is -0.351 e. The van der Waals surface area contributed by atoms with Gasteiger partial charge < -0.3 is 10.6 Å². The van der Waals surface area contributed by atoms with Crippen LogP contribution in [0.1, 0.15) is 29.3 Å². The fourth-order valence-electron chi connectivity index (χ4n) is 1.48. The maximum atomic E-state index is 12.3. The summed E-state index contributed by atoms with van der Waals surface area (Å²) in [5.74, 6) is -0.368. The molecular formula is C13H17F3N2O. The Kier molecular flexibility index (Phi) is 5.82. The summed E-state index contributed by atoms with van der Waals surface area (Å²) in [5, 5.41) is 5.74. The van der Waals surface area contributed by atoms with Gasteiger partial charge in [0.2, 0.25) is 0 Å². The minimum atomic E-state index is -4.38. The summed E-state index contributed by atoms with van der Waals surface area (Å²) >= 11 is 0. The van der Waals surface area contributed by atoms with Gasteiger partial charge in [-0.3, -0.25) is 4.79 Å². The van der Waals surface area contributed by atoms with Crippen molar-refractivity contribution in [1.29, 1.82) is 0 Å². The third-order valence-electron chi connectivity index (χ3n) is 2.49. The van der Waals surface area contributed by atoms with Gasteiger partial charge in [0.1, 0.15) is 0 Å². The van der Waals surface area contributed by atoms with E-state index in [1.165, 1.54) is 12.1 Å². The van der Waals surface area contributed by atoms with E-state index >= 15 is 0 Å². The first-order valence-corrected chi connectivity index (χ1v) is 6.11. The number of alkyl halides is 3. The monoisotopic (exact) mass is 274 g/mol. The first kappa shape index (κ1) is 15.5. The van der Waals surface area contributed by atoms with Crippen LogP contribution < -0.4 is 10.6 Å². The number of hydrogen-bond acceptors (Lipinski definition) is 2. The van der Waals surface area contributed by atoms with E-state index in [1.54, 1.807) is 0 Å². The van der Waals surface area contributed by atoms with E-state index in [-0.39, 0.29) is 11.5 Å². The molecule has 0 saturated heterocycles. The lowest BCUT2D eigenvalue weighted by molar-refractivity contribution is -0.137. The number of carbonyl (C=O) groups is 1. The maximum absolute atomic E-state index is 12.3. The van der Waals surface area contributed by atoms with Gasteiger partial charge >= 0.3 is 6.18 Å². The van der Waals surface area contributed by atoms with Crippen molar-refractivity contribution in [2.75, 3.05) is 19.6 Å². The van der Waals surface area contributed by atoms with Crippen molar-refractivity contribution in [2.45, 2.75) is 19.5 Å². The fraction of sp³-hybridized carbons (Fsp3) is 0.462. The number of benzene rings is 1. The standard InChI is InChI=1S/C13H17F3N2O/c1-2-7-17-8-9-18-12(19)10-3-5-11(6-4-10)13(14,15)16/h3-6,17H,2,7-9H2,1H3,(H,18,19). The third-order valence-corrected chi connectivity index (χ3v) is 2.49. The zero-order valence-electron chi connectivity index (χ0n) is 10.7. The van der Waals surface area contributed by atoms with Gasteiger partial charge in [-0.25, -0.2) is 0 Å². The number of rotatable bonds is 6. The first-order chi connectivity index (χ1) is 8.95. The number of hydrogen-bond donors (Lipinski definition) is 2. The highest BCUT2D eigenvalue weighted by Gasteiger charge is 2.30. The van der Waals surface area contributed by atoms with Crippen molar-refractivity contribution in [2.24, 2.45) is 0 Å². The van der Waals surface area contributed by atoms with Crippen LogP contribution in [0.2, 0.25) is 0 Å². The molecule has 1 amide bonds. The molecule has 0 heterocycles. The van der Waals surface area contributed by atoms with E-state index in [4.69, 9.17) is 0 Å². The number of halogens is 3. The molecule has 0 aliphatic rings.